The molecule has 0 radical (unpaired) electrons. The molecule has 4 nitrogen and oxygen atoms in total. The summed E-state index contributed by atoms with van der Waals surface area (Å²) in [6, 6.07) is 22.4. The van der Waals surface area contributed by atoms with E-state index in [0.29, 0.717) is 27.7 Å². The summed E-state index contributed by atoms with van der Waals surface area (Å²) in [6.45, 7) is 3.65. The van der Waals surface area contributed by atoms with Crippen molar-refractivity contribution in [3.63, 3.8) is 0 Å². The first-order valence-corrected chi connectivity index (χ1v) is 10.6. The van der Waals surface area contributed by atoms with Crippen LogP contribution in [0.5, 0.6) is 0 Å². The van der Waals surface area contributed by atoms with Gasteiger partial charge >= 0.3 is 5.97 Å². The maximum atomic E-state index is 13.0. The van der Waals surface area contributed by atoms with Crippen LogP contribution in [0.25, 0.3) is 22.2 Å². The number of benzene rings is 3. The van der Waals surface area contributed by atoms with Crippen LogP contribution in [0.1, 0.15) is 31.8 Å². The molecule has 5 heteroatoms. The van der Waals surface area contributed by atoms with Gasteiger partial charge in [-0.25, -0.2) is 9.78 Å². The maximum Gasteiger partial charge on any atom is 0.339 e. The molecule has 3 aromatic carbocycles. The molecule has 4 aromatic rings. The van der Waals surface area contributed by atoms with Gasteiger partial charge in [-0.3, -0.25) is 4.79 Å². The van der Waals surface area contributed by atoms with Gasteiger partial charge in [0.05, 0.1) is 16.8 Å². The second-order valence-electron chi connectivity index (χ2n) is 7.45. The van der Waals surface area contributed by atoms with E-state index in [1.54, 1.807) is 30.3 Å². The Kier molecular flexibility index (Phi) is 5.96. The number of fused-ring (bicyclic) bond motifs is 1. The monoisotopic (exact) mass is 473 g/mol. The Balaban J connectivity index is 1.66. The zero-order valence-corrected chi connectivity index (χ0v) is 18.8. The summed E-state index contributed by atoms with van der Waals surface area (Å²) in [7, 11) is 0. The molecule has 0 saturated heterocycles. The van der Waals surface area contributed by atoms with Gasteiger partial charge in [-0.1, -0.05) is 69.5 Å². The highest BCUT2D eigenvalue weighted by atomic mass is 79.9. The Morgan fingerprint density at radius 3 is 2.26 bits per heavy atom. The van der Waals surface area contributed by atoms with Crippen LogP contribution in [-0.4, -0.2) is 23.3 Å². The summed E-state index contributed by atoms with van der Waals surface area (Å²) in [5, 5.41) is 0.706. The number of carbonyl (C=O) groups is 2. The van der Waals surface area contributed by atoms with Gasteiger partial charge < -0.3 is 4.74 Å². The smallest absolute Gasteiger partial charge is 0.339 e. The standard InChI is InChI=1S/C26H20BrNO3/c1-16-3-6-18(7-4-16)24-14-22(21-13-17(2)5-12-23(21)28-24)26(30)31-15-25(29)19-8-10-20(27)11-9-19/h3-14H,15H2,1-2H3. The number of carbonyl (C=O) groups excluding carboxylic acids is 2. The van der Waals surface area contributed by atoms with Crippen molar-refractivity contribution in [2.45, 2.75) is 13.8 Å². The van der Waals surface area contributed by atoms with Crippen molar-refractivity contribution in [2.24, 2.45) is 0 Å². The van der Waals surface area contributed by atoms with Crippen molar-refractivity contribution in [1.29, 1.82) is 0 Å². The Hall–Kier alpha value is -3.31. The van der Waals surface area contributed by atoms with Gasteiger partial charge in [0.25, 0.3) is 0 Å². The van der Waals surface area contributed by atoms with Crippen LogP contribution in [0.2, 0.25) is 0 Å². The van der Waals surface area contributed by atoms with E-state index in [1.165, 1.54) is 0 Å². The molecular formula is C26H20BrNO3. The number of aromatic nitrogens is 1. The number of nitrogens with zero attached hydrogens (tertiary/aromatic N) is 1. The third-order valence-corrected chi connectivity index (χ3v) is 5.56. The number of halogens is 1. The van der Waals surface area contributed by atoms with Crippen LogP contribution in [0.3, 0.4) is 0 Å². The zero-order chi connectivity index (χ0) is 22.0. The van der Waals surface area contributed by atoms with Gasteiger partial charge in [0.15, 0.2) is 12.4 Å². The molecule has 154 valence electrons. The summed E-state index contributed by atoms with van der Waals surface area (Å²) in [5.41, 5.74) is 5.34. The van der Waals surface area contributed by atoms with Gasteiger partial charge in [0.1, 0.15) is 0 Å². The second-order valence-corrected chi connectivity index (χ2v) is 8.36. The van der Waals surface area contributed by atoms with Gasteiger partial charge in [-0.05, 0) is 44.2 Å². The molecule has 0 fully saturated rings. The number of pyridine rings is 1. The lowest BCUT2D eigenvalue weighted by atomic mass is 10.0. The Labute approximate surface area is 189 Å². The minimum atomic E-state index is -0.545. The van der Waals surface area contributed by atoms with Crippen molar-refractivity contribution >= 4 is 38.6 Å². The number of rotatable bonds is 5. The lowest BCUT2D eigenvalue weighted by Gasteiger charge is -2.11. The van der Waals surface area contributed by atoms with E-state index in [1.807, 2.05) is 56.3 Å². The molecule has 0 aliphatic rings. The first-order chi connectivity index (χ1) is 14.9. The van der Waals surface area contributed by atoms with Crippen LogP contribution in [0, 0.1) is 13.8 Å². The summed E-state index contributed by atoms with van der Waals surface area (Å²) in [6.07, 6.45) is 0. The zero-order valence-electron chi connectivity index (χ0n) is 17.2. The van der Waals surface area contributed by atoms with E-state index in [0.717, 1.165) is 21.2 Å². The molecule has 1 aromatic heterocycles. The van der Waals surface area contributed by atoms with E-state index < -0.39 is 5.97 Å². The first-order valence-electron chi connectivity index (χ1n) is 9.85. The third-order valence-electron chi connectivity index (χ3n) is 5.03. The van der Waals surface area contributed by atoms with Crippen molar-refractivity contribution in [1.82, 2.24) is 4.98 Å². The summed E-state index contributed by atoms with van der Waals surface area (Å²) >= 11 is 3.34. The number of ether oxygens (including phenoxy) is 1. The lowest BCUT2D eigenvalue weighted by Crippen LogP contribution is -2.15. The van der Waals surface area contributed by atoms with E-state index in [-0.39, 0.29) is 12.4 Å². The molecule has 0 atom stereocenters. The van der Waals surface area contributed by atoms with Crippen molar-refractivity contribution in [3.05, 3.63) is 99.5 Å². The predicted octanol–water partition coefficient (Wildman–Crippen LogP) is 6.32. The highest BCUT2D eigenvalue weighted by Crippen LogP contribution is 2.26. The topological polar surface area (TPSA) is 56.3 Å². The van der Waals surface area contributed by atoms with Gasteiger partial charge in [0.2, 0.25) is 0 Å². The molecule has 0 aliphatic carbocycles. The fraction of sp³-hybridized carbons (Fsp3) is 0.115. The Morgan fingerprint density at radius 1 is 0.871 bits per heavy atom. The minimum Gasteiger partial charge on any atom is -0.454 e. The molecule has 0 N–H and O–H groups in total. The molecule has 31 heavy (non-hydrogen) atoms. The number of hydrogen-bond acceptors (Lipinski definition) is 4. The highest BCUT2D eigenvalue weighted by Gasteiger charge is 2.17. The predicted molar refractivity (Wildman–Crippen MR) is 125 cm³/mol. The molecule has 1 heterocycles. The van der Waals surface area contributed by atoms with Crippen LogP contribution in [0.15, 0.2) is 77.3 Å². The summed E-state index contributed by atoms with van der Waals surface area (Å²) in [5.74, 6) is -0.800. The third kappa shape index (κ3) is 4.72. The SMILES string of the molecule is Cc1ccc(-c2cc(C(=O)OCC(=O)c3ccc(Br)cc3)c3cc(C)ccc3n2)cc1. The van der Waals surface area contributed by atoms with Gasteiger partial charge in [-0.15, -0.1) is 0 Å². The van der Waals surface area contributed by atoms with Crippen LogP contribution < -0.4 is 0 Å². The molecule has 0 saturated carbocycles. The van der Waals surface area contributed by atoms with E-state index in [4.69, 9.17) is 9.72 Å². The quantitative estimate of drug-likeness (QED) is 0.251. The van der Waals surface area contributed by atoms with E-state index in [2.05, 4.69) is 15.9 Å². The molecule has 0 amide bonds. The average molecular weight is 474 g/mol. The van der Waals surface area contributed by atoms with E-state index in [9.17, 15) is 9.59 Å². The largest absolute Gasteiger partial charge is 0.454 e. The van der Waals surface area contributed by atoms with Crippen molar-refractivity contribution < 1.29 is 14.3 Å². The van der Waals surface area contributed by atoms with Crippen LogP contribution in [0.4, 0.5) is 0 Å². The fourth-order valence-electron chi connectivity index (χ4n) is 3.31. The molecule has 0 aliphatic heterocycles. The molecule has 0 bridgehead atoms. The average Bonchev–Trinajstić information content (AvgIpc) is 2.77. The first kappa shape index (κ1) is 20.9. The maximum absolute atomic E-state index is 13.0. The van der Waals surface area contributed by atoms with Crippen LogP contribution >= 0.6 is 15.9 Å². The van der Waals surface area contributed by atoms with Crippen molar-refractivity contribution in [2.75, 3.05) is 6.61 Å². The normalized spacial score (nSPS) is 10.8. The number of ketones is 1. The molecule has 0 spiro atoms. The summed E-state index contributed by atoms with van der Waals surface area (Å²) in [4.78, 5) is 30.1. The molecular weight excluding hydrogens is 454 g/mol. The van der Waals surface area contributed by atoms with Crippen molar-refractivity contribution in [3.8, 4) is 11.3 Å². The van der Waals surface area contributed by atoms with Gasteiger partial charge in [-0.2, -0.15) is 0 Å². The number of esters is 1. The lowest BCUT2D eigenvalue weighted by molar-refractivity contribution is 0.0476. The minimum absolute atomic E-state index is 0.255. The molecule has 4 rings (SSSR count). The fourth-order valence-corrected chi connectivity index (χ4v) is 3.57. The number of Topliss-reactive ketones (excluding diaryl/α,β-unsaturated/α-hetero) is 1. The number of hydrogen-bond donors (Lipinski definition) is 0. The Bertz CT molecular complexity index is 1280. The van der Waals surface area contributed by atoms with E-state index >= 15 is 0 Å². The number of aryl methyl sites for hydroxylation is 2. The highest BCUT2D eigenvalue weighted by molar-refractivity contribution is 9.10. The Morgan fingerprint density at radius 2 is 1.55 bits per heavy atom. The second kappa shape index (κ2) is 8.82. The van der Waals surface area contributed by atoms with Gasteiger partial charge in [0, 0.05) is 21.0 Å². The molecule has 0 unspecified atom stereocenters. The summed E-state index contributed by atoms with van der Waals surface area (Å²) < 4.78 is 6.28. The van der Waals surface area contributed by atoms with Crippen LogP contribution in [-0.2, 0) is 4.74 Å².